The fraction of sp³-hybridized carbons (Fsp3) is 0.905. The van der Waals surface area contributed by atoms with E-state index in [0.29, 0.717) is 25.9 Å². The number of allylic oxidation sites excluding steroid dienone is 4. The molecule has 0 radical (unpaired) electrons. The number of rotatable bonds is 58. The highest BCUT2D eigenvalue weighted by Crippen LogP contribution is 2.18. The van der Waals surface area contributed by atoms with Gasteiger partial charge in [-0.15, -0.1) is 0 Å². The molecule has 408 valence electrons. The van der Waals surface area contributed by atoms with Crippen molar-refractivity contribution in [3.05, 3.63) is 24.3 Å². The Hall–Kier alpha value is -1.66. The molecule has 0 rings (SSSR count). The van der Waals surface area contributed by atoms with Gasteiger partial charge in [-0.05, 0) is 77.0 Å². The fourth-order valence-electron chi connectivity index (χ4n) is 9.69. The molecule has 0 aromatic rings. The minimum Gasteiger partial charge on any atom is -0.466 e. The second-order valence-corrected chi connectivity index (χ2v) is 21.4. The minimum absolute atomic E-state index is 0.00562. The smallest absolute Gasteiger partial charge is 0.305 e. The van der Waals surface area contributed by atoms with Gasteiger partial charge in [-0.1, -0.05) is 276 Å². The molecule has 1 amide bonds. The van der Waals surface area contributed by atoms with Gasteiger partial charge in [-0.3, -0.25) is 9.59 Å². The highest BCUT2D eigenvalue weighted by Gasteiger charge is 2.20. The predicted molar refractivity (Wildman–Crippen MR) is 301 cm³/mol. The van der Waals surface area contributed by atoms with E-state index in [1.807, 2.05) is 0 Å². The Kier molecular flexibility index (Phi) is 57.5. The van der Waals surface area contributed by atoms with Crippen molar-refractivity contribution >= 4 is 11.9 Å². The van der Waals surface area contributed by atoms with Crippen LogP contribution in [0.1, 0.15) is 341 Å². The maximum Gasteiger partial charge on any atom is 0.305 e. The van der Waals surface area contributed by atoms with Crippen LogP contribution < -0.4 is 5.32 Å². The standard InChI is InChI=1S/C63H121NO5/c1-3-5-7-9-11-13-15-17-18-19-20-21-23-26-29-32-35-39-43-47-51-55-61(66)60(59-65)64-62(67)56-52-48-44-40-36-33-30-27-24-22-25-28-31-34-38-42-46-50-54-58-69-63(68)57-53-49-45-41-37-16-14-12-10-8-6-4-2/h12,14,22,24,60-61,65-66H,3-11,13,15-21,23,25-59H2,1-2H3,(H,64,67)/b14-12-,24-22-. The molecule has 0 aromatic carbocycles. The first kappa shape index (κ1) is 67.3. The van der Waals surface area contributed by atoms with Crippen molar-refractivity contribution in [1.29, 1.82) is 0 Å². The molecular formula is C63H121NO5. The fourth-order valence-corrected chi connectivity index (χ4v) is 9.69. The van der Waals surface area contributed by atoms with Crippen molar-refractivity contribution in [3.63, 3.8) is 0 Å². The van der Waals surface area contributed by atoms with Crippen LogP contribution in [0, 0.1) is 0 Å². The van der Waals surface area contributed by atoms with E-state index < -0.39 is 12.1 Å². The molecule has 6 nitrogen and oxygen atoms in total. The Bertz CT molecular complexity index is 1080. The van der Waals surface area contributed by atoms with Crippen LogP contribution in [0.5, 0.6) is 0 Å². The van der Waals surface area contributed by atoms with Crippen LogP contribution >= 0.6 is 0 Å². The van der Waals surface area contributed by atoms with Crippen molar-refractivity contribution in [2.45, 2.75) is 353 Å². The third-order valence-electron chi connectivity index (χ3n) is 14.5. The van der Waals surface area contributed by atoms with E-state index in [2.05, 4.69) is 43.5 Å². The van der Waals surface area contributed by atoms with Gasteiger partial charge in [-0.2, -0.15) is 0 Å². The largest absolute Gasteiger partial charge is 0.466 e. The number of carbonyl (C=O) groups excluding carboxylic acids is 2. The monoisotopic (exact) mass is 972 g/mol. The molecule has 0 aliphatic rings. The second-order valence-electron chi connectivity index (χ2n) is 21.4. The first-order valence-corrected chi connectivity index (χ1v) is 31.1. The van der Waals surface area contributed by atoms with E-state index in [1.165, 1.54) is 263 Å². The SMILES string of the molecule is CCCCC/C=C\CCCCCCCC(=O)OCCCCCCCCCC/C=C\CCCCCCCCCC(=O)NC(CO)C(O)CCCCCCCCCCCCCCCCCCCCCCC. The van der Waals surface area contributed by atoms with Crippen LogP contribution in [0.15, 0.2) is 24.3 Å². The summed E-state index contributed by atoms with van der Waals surface area (Å²) in [6.45, 7) is 4.94. The van der Waals surface area contributed by atoms with Gasteiger partial charge in [0.15, 0.2) is 0 Å². The molecule has 2 unspecified atom stereocenters. The Morgan fingerprint density at radius 1 is 0.391 bits per heavy atom. The molecular weight excluding hydrogens is 851 g/mol. The zero-order valence-corrected chi connectivity index (χ0v) is 46.6. The highest BCUT2D eigenvalue weighted by molar-refractivity contribution is 5.76. The number of aliphatic hydroxyl groups is 2. The van der Waals surface area contributed by atoms with Gasteiger partial charge < -0.3 is 20.3 Å². The number of ether oxygens (including phenoxy) is 1. The summed E-state index contributed by atoms with van der Waals surface area (Å²) < 4.78 is 5.46. The molecule has 3 N–H and O–H groups in total. The summed E-state index contributed by atoms with van der Waals surface area (Å²) in [7, 11) is 0. The summed E-state index contributed by atoms with van der Waals surface area (Å²) >= 11 is 0. The molecule has 6 heteroatoms. The van der Waals surface area contributed by atoms with Gasteiger partial charge in [0.05, 0.1) is 25.4 Å². The lowest BCUT2D eigenvalue weighted by Gasteiger charge is -2.22. The third kappa shape index (κ3) is 55.5. The maximum atomic E-state index is 12.5. The van der Waals surface area contributed by atoms with E-state index in [4.69, 9.17) is 4.74 Å². The van der Waals surface area contributed by atoms with Gasteiger partial charge in [0.1, 0.15) is 0 Å². The molecule has 0 aliphatic carbocycles. The lowest BCUT2D eigenvalue weighted by Crippen LogP contribution is -2.45. The average Bonchev–Trinajstić information content (AvgIpc) is 3.35. The Morgan fingerprint density at radius 2 is 0.681 bits per heavy atom. The van der Waals surface area contributed by atoms with Crippen molar-refractivity contribution in [1.82, 2.24) is 5.32 Å². The number of nitrogens with one attached hydrogen (secondary N) is 1. The van der Waals surface area contributed by atoms with Crippen molar-refractivity contribution in [2.75, 3.05) is 13.2 Å². The predicted octanol–water partition coefficient (Wildman–Crippen LogP) is 19.4. The molecule has 0 aliphatic heterocycles. The average molecular weight is 973 g/mol. The van der Waals surface area contributed by atoms with Crippen molar-refractivity contribution in [2.24, 2.45) is 0 Å². The summed E-state index contributed by atoms with van der Waals surface area (Å²) in [5.74, 6) is -0.0472. The van der Waals surface area contributed by atoms with Crippen molar-refractivity contribution < 1.29 is 24.5 Å². The third-order valence-corrected chi connectivity index (χ3v) is 14.5. The second kappa shape index (κ2) is 58.9. The number of aliphatic hydroxyl groups excluding tert-OH is 2. The van der Waals surface area contributed by atoms with E-state index in [-0.39, 0.29) is 18.5 Å². The molecule has 0 aromatic heterocycles. The Labute approximate surface area is 431 Å². The minimum atomic E-state index is -0.671. The van der Waals surface area contributed by atoms with Gasteiger partial charge in [0.25, 0.3) is 0 Å². The van der Waals surface area contributed by atoms with E-state index >= 15 is 0 Å². The number of carbonyl (C=O) groups is 2. The number of amides is 1. The highest BCUT2D eigenvalue weighted by atomic mass is 16.5. The molecule has 0 saturated carbocycles. The van der Waals surface area contributed by atoms with Gasteiger partial charge in [-0.25, -0.2) is 0 Å². The Morgan fingerprint density at radius 3 is 1.06 bits per heavy atom. The van der Waals surface area contributed by atoms with E-state index in [1.54, 1.807) is 0 Å². The summed E-state index contributed by atoms with van der Waals surface area (Å²) in [5.41, 5.74) is 0. The van der Waals surface area contributed by atoms with Gasteiger partial charge in [0.2, 0.25) is 5.91 Å². The summed E-state index contributed by atoms with van der Waals surface area (Å²) in [6, 6.07) is -0.549. The van der Waals surface area contributed by atoms with Crippen LogP contribution in [0.2, 0.25) is 0 Å². The summed E-state index contributed by atoms with van der Waals surface area (Å²) in [6.07, 6.45) is 71.8. The maximum absolute atomic E-state index is 12.5. The van der Waals surface area contributed by atoms with Crippen molar-refractivity contribution in [3.8, 4) is 0 Å². The number of esters is 1. The lowest BCUT2D eigenvalue weighted by molar-refractivity contribution is -0.143. The number of hydrogen-bond donors (Lipinski definition) is 3. The van der Waals surface area contributed by atoms with Crippen LogP contribution in [-0.2, 0) is 14.3 Å². The normalized spacial score (nSPS) is 12.7. The molecule has 2 atom stereocenters. The van der Waals surface area contributed by atoms with Gasteiger partial charge in [0, 0.05) is 12.8 Å². The summed E-state index contributed by atoms with van der Waals surface area (Å²) in [4.78, 5) is 24.5. The molecule has 0 saturated heterocycles. The topological polar surface area (TPSA) is 95.9 Å². The molecule has 0 bridgehead atoms. The van der Waals surface area contributed by atoms with Crippen LogP contribution in [0.25, 0.3) is 0 Å². The summed E-state index contributed by atoms with van der Waals surface area (Å²) in [5, 5.41) is 23.4. The zero-order valence-electron chi connectivity index (χ0n) is 46.6. The first-order chi connectivity index (χ1) is 34.0. The molecule has 69 heavy (non-hydrogen) atoms. The quantitative estimate of drug-likeness (QED) is 0.0321. The molecule has 0 fully saturated rings. The molecule has 0 spiro atoms. The van der Waals surface area contributed by atoms with E-state index in [9.17, 15) is 19.8 Å². The first-order valence-electron chi connectivity index (χ1n) is 31.1. The van der Waals surface area contributed by atoms with Crippen LogP contribution in [0.3, 0.4) is 0 Å². The van der Waals surface area contributed by atoms with Gasteiger partial charge >= 0.3 is 5.97 Å². The number of unbranched alkanes of at least 4 members (excludes halogenated alkanes) is 43. The zero-order chi connectivity index (χ0) is 50.0. The van der Waals surface area contributed by atoms with E-state index in [0.717, 1.165) is 44.9 Å². The van der Waals surface area contributed by atoms with Crippen LogP contribution in [0.4, 0.5) is 0 Å². The molecule has 0 heterocycles. The lowest BCUT2D eigenvalue weighted by atomic mass is 10.0. The number of hydrogen-bond acceptors (Lipinski definition) is 5. The van der Waals surface area contributed by atoms with Crippen LogP contribution in [-0.4, -0.2) is 47.4 Å². The Balaban J connectivity index is 3.45.